The van der Waals surface area contributed by atoms with Gasteiger partial charge in [-0.15, -0.1) is 0 Å². The van der Waals surface area contributed by atoms with Crippen molar-refractivity contribution in [2.45, 2.75) is 6.92 Å². The Morgan fingerprint density at radius 3 is 2.53 bits per heavy atom. The average molecular weight is 430 g/mol. The Bertz CT molecular complexity index is 1010. The first-order valence-corrected chi connectivity index (χ1v) is 9.84. The molecule has 0 aromatic heterocycles. The zero-order chi connectivity index (χ0) is 21.7. The maximum Gasteiger partial charge on any atom is 0.293 e. The fraction of sp³-hybridized carbons (Fsp3) is 0.190. The van der Waals surface area contributed by atoms with E-state index in [9.17, 15) is 18.8 Å². The summed E-state index contributed by atoms with van der Waals surface area (Å²) >= 11 is 0.885. The molecule has 156 valence electrons. The Morgan fingerprint density at radius 1 is 1.17 bits per heavy atom. The van der Waals surface area contributed by atoms with E-state index in [4.69, 9.17) is 9.47 Å². The fourth-order valence-corrected chi connectivity index (χ4v) is 3.59. The molecule has 1 fully saturated rings. The number of halogens is 1. The summed E-state index contributed by atoms with van der Waals surface area (Å²) in [7, 11) is 1.45. The first kappa shape index (κ1) is 21.4. The van der Waals surface area contributed by atoms with Crippen molar-refractivity contribution >= 4 is 40.6 Å². The van der Waals surface area contributed by atoms with E-state index in [1.165, 1.54) is 36.3 Å². The number of rotatable bonds is 7. The number of nitrogens with zero attached hydrogens (tertiary/aromatic N) is 1. The Labute approximate surface area is 176 Å². The van der Waals surface area contributed by atoms with Crippen LogP contribution in [0.25, 0.3) is 6.08 Å². The van der Waals surface area contributed by atoms with Gasteiger partial charge in [0.15, 0.2) is 18.1 Å². The molecule has 0 spiro atoms. The second-order valence-corrected chi connectivity index (χ2v) is 7.17. The Morgan fingerprint density at radius 2 is 1.90 bits per heavy atom. The van der Waals surface area contributed by atoms with E-state index < -0.39 is 11.7 Å². The monoisotopic (exact) mass is 430 g/mol. The third-order valence-electron chi connectivity index (χ3n) is 4.16. The van der Waals surface area contributed by atoms with E-state index in [2.05, 4.69) is 5.32 Å². The van der Waals surface area contributed by atoms with Crippen LogP contribution >= 0.6 is 11.8 Å². The van der Waals surface area contributed by atoms with Gasteiger partial charge in [-0.3, -0.25) is 19.3 Å². The first-order chi connectivity index (χ1) is 14.4. The number of methoxy groups -OCH3 is 1. The quantitative estimate of drug-likeness (QED) is 0.671. The van der Waals surface area contributed by atoms with Crippen LogP contribution in [-0.2, 0) is 9.59 Å². The molecule has 0 aliphatic carbocycles. The number of imide groups is 1. The van der Waals surface area contributed by atoms with Gasteiger partial charge >= 0.3 is 0 Å². The summed E-state index contributed by atoms with van der Waals surface area (Å²) in [5.41, 5.74) is 1.10. The van der Waals surface area contributed by atoms with E-state index in [-0.39, 0.29) is 17.8 Å². The molecular formula is C21H19FN2O5S. The normalized spacial score (nSPS) is 14.9. The van der Waals surface area contributed by atoms with Crippen molar-refractivity contribution in [3.05, 3.63) is 58.8 Å². The number of nitrogens with one attached hydrogen (secondary N) is 1. The molecule has 0 bridgehead atoms. The molecule has 1 N–H and O–H groups in total. The third-order valence-corrected chi connectivity index (χ3v) is 5.07. The zero-order valence-electron chi connectivity index (χ0n) is 16.3. The lowest BCUT2D eigenvalue weighted by atomic mass is 10.2. The van der Waals surface area contributed by atoms with E-state index in [0.717, 1.165) is 11.8 Å². The van der Waals surface area contributed by atoms with Crippen molar-refractivity contribution in [3.63, 3.8) is 0 Å². The van der Waals surface area contributed by atoms with Crippen molar-refractivity contribution in [2.75, 3.05) is 25.6 Å². The zero-order valence-corrected chi connectivity index (χ0v) is 17.1. The Balaban J connectivity index is 1.66. The summed E-state index contributed by atoms with van der Waals surface area (Å²) in [4.78, 5) is 37.6. The molecule has 1 saturated heterocycles. The van der Waals surface area contributed by atoms with Gasteiger partial charge in [-0.25, -0.2) is 4.39 Å². The highest BCUT2D eigenvalue weighted by Crippen LogP contribution is 2.34. The van der Waals surface area contributed by atoms with Crippen LogP contribution in [0.1, 0.15) is 12.5 Å². The van der Waals surface area contributed by atoms with Gasteiger partial charge in [-0.05, 0) is 66.7 Å². The predicted octanol–water partition coefficient (Wildman–Crippen LogP) is 3.91. The van der Waals surface area contributed by atoms with Crippen LogP contribution in [-0.4, -0.2) is 42.2 Å². The SMILES string of the molecule is CCN1C(=O)SC(=Cc2ccc(OCC(=O)Nc3ccc(F)cc3)c(OC)c2)C1=O. The first-order valence-electron chi connectivity index (χ1n) is 9.03. The van der Waals surface area contributed by atoms with Crippen molar-refractivity contribution in [1.29, 1.82) is 0 Å². The summed E-state index contributed by atoms with van der Waals surface area (Å²) in [5.74, 6) is -0.433. The minimum Gasteiger partial charge on any atom is -0.493 e. The average Bonchev–Trinajstić information content (AvgIpc) is 3.00. The number of hydrogen-bond donors (Lipinski definition) is 1. The number of amides is 3. The van der Waals surface area contributed by atoms with Gasteiger partial charge in [-0.1, -0.05) is 6.07 Å². The van der Waals surface area contributed by atoms with E-state index in [0.29, 0.717) is 34.2 Å². The van der Waals surface area contributed by atoms with Crippen LogP contribution in [0, 0.1) is 5.82 Å². The third kappa shape index (κ3) is 4.98. The summed E-state index contributed by atoms with van der Waals surface area (Å²) in [6.45, 7) is 1.78. The number of carbonyl (C=O) groups excluding carboxylic acids is 3. The number of benzene rings is 2. The van der Waals surface area contributed by atoms with E-state index in [1.54, 1.807) is 31.2 Å². The van der Waals surface area contributed by atoms with Crippen LogP contribution in [0.4, 0.5) is 14.9 Å². The molecule has 2 aromatic rings. The maximum absolute atomic E-state index is 12.9. The molecule has 2 aromatic carbocycles. The second-order valence-electron chi connectivity index (χ2n) is 6.18. The minimum atomic E-state index is -0.416. The minimum absolute atomic E-state index is 0.275. The highest BCUT2D eigenvalue weighted by Gasteiger charge is 2.33. The molecular weight excluding hydrogens is 411 g/mol. The Hall–Kier alpha value is -3.33. The molecule has 30 heavy (non-hydrogen) atoms. The molecule has 0 unspecified atom stereocenters. The van der Waals surface area contributed by atoms with Gasteiger partial charge in [0.1, 0.15) is 5.82 Å². The maximum atomic E-state index is 12.9. The number of hydrogen-bond acceptors (Lipinski definition) is 6. The van der Waals surface area contributed by atoms with Gasteiger partial charge < -0.3 is 14.8 Å². The van der Waals surface area contributed by atoms with Gasteiger partial charge in [0.05, 0.1) is 12.0 Å². The molecule has 1 heterocycles. The van der Waals surface area contributed by atoms with Crippen LogP contribution in [0.3, 0.4) is 0 Å². The summed E-state index contributed by atoms with van der Waals surface area (Å²) in [5, 5.41) is 2.30. The van der Waals surface area contributed by atoms with Gasteiger partial charge in [0.25, 0.3) is 17.1 Å². The number of likely N-dealkylation sites (N-methyl/N-ethyl adjacent to an activating group) is 1. The molecule has 1 aliphatic heterocycles. The molecule has 9 heteroatoms. The number of anilines is 1. The summed E-state index contributed by atoms with van der Waals surface area (Å²) in [6.07, 6.45) is 1.61. The highest BCUT2D eigenvalue weighted by atomic mass is 32.2. The van der Waals surface area contributed by atoms with Crippen molar-refractivity contribution in [2.24, 2.45) is 0 Å². The predicted molar refractivity (Wildman–Crippen MR) is 112 cm³/mol. The van der Waals surface area contributed by atoms with Crippen molar-refractivity contribution in [3.8, 4) is 11.5 Å². The lowest BCUT2D eigenvalue weighted by molar-refractivity contribution is -0.122. The van der Waals surface area contributed by atoms with Crippen molar-refractivity contribution in [1.82, 2.24) is 4.90 Å². The van der Waals surface area contributed by atoms with Crippen LogP contribution in [0.2, 0.25) is 0 Å². The molecule has 1 aliphatic rings. The summed E-state index contributed by atoms with van der Waals surface area (Å²) < 4.78 is 23.7. The number of ether oxygens (including phenoxy) is 2. The van der Waals surface area contributed by atoms with Crippen LogP contribution < -0.4 is 14.8 Å². The topological polar surface area (TPSA) is 84.9 Å². The molecule has 0 saturated carbocycles. The van der Waals surface area contributed by atoms with Crippen LogP contribution in [0.5, 0.6) is 11.5 Å². The molecule has 0 radical (unpaired) electrons. The number of carbonyl (C=O) groups is 3. The molecule has 7 nitrogen and oxygen atoms in total. The van der Waals surface area contributed by atoms with Gasteiger partial charge in [-0.2, -0.15) is 0 Å². The van der Waals surface area contributed by atoms with Gasteiger partial charge in [0, 0.05) is 12.2 Å². The highest BCUT2D eigenvalue weighted by molar-refractivity contribution is 8.18. The smallest absolute Gasteiger partial charge is 0.293 e. The van der Waals surface area contributed by atoms with E-state index in [1.807, 2.05) is 0 Å². The summed E-state index contributed by atoms with van der Waals surface area (Å²) in [6, 6.07) is 10.3. The second kappa shape index (κ2) is 9.45. The van der Waals surface area contributed by atoms with Gasteiger partial charge in [0.2, 0.25) is 0 Å². The fourth-order valence-electron chi connectivity index (χ4n) is 2.69. The number of thioether (sulfide) groups is 1. The van der Waals surface area contributed by atoms with Crippen molar-refractivity contribution < 1.29 is 28.2 Å². The molecule has 3 amide bonds. The molecule has 3 rings (SSSR count). The largest absolute Gasteiger partial charge is 0.493 e. The van der Waals surface area contributed by atoms with Crippen LogP contribution in [0.15, 0.2) is 47.4 Å². The Kier molecular flexibility index (Phi) is 6.73. The lowest BCUT2D eigenvalue weighted by Crippen LogP contribution is -2.27. The standard InChI is InChI=1S/C21H19FN2O5S/c1-3-24-20(26)18(30-21(24)27)11-13-4-9-16(17(10-13)28-2)29-12-19(25)23-15-7-5-14(22)6-8-15/h4-11H,3,12H2,1-2H3,(H,23,25). The lowest BCUT2D eigenvalue weighted by Gasteiger charge is -2.12. The molecule has 0 atom stereocenters. The van der Waals surface area contributed by atoms with E-state index >= 15 is 0 Å².